The molecule has 0 amide bonds. The maximum atomic E-state index is 13.2. The quantitative estimate of drug-likeness (QED) is 0.499. The van der Waals surface area contributed by atoms with E-state index in [1.807, 2.05) is 6.92 Å². The Morgan fingerprint density at radius 3 is 2.88 bits per heavy atom. The first-order valence-corrected chi connectivity index (χ1v) is 6.17. The lowest BCUT2D eigenvalue weighted by molar-refractivity contribution is -0.109. The normalized spacial score (nSPS) is 9.59. The first kappa shape index (κ1) is 13.6. The van der Waals surface area contributed by atoms with Gasteiger partial charge in [-0.1, -0.05) is 23.6 Å². The minimum Gasteiger partial charge on any atom is -0.396 e. The molecular formula is C13H14FNOS. The minimum absolute atomic E-state index is 0.0847. The molecule has 1 aromatic carbocycles. The van der Waals surface area contributed by atoms with Crippen molar-refractivity contribution in [2.45, 2.75) is 20.3 Å². The lowest BCUT2D eigenvalue weighted by Gasteiger charge is -2.01. The number of carbonyl (C=O) groups excluding carboxylic acids is 1. The molecule has 1 aromatic rings. The third kappa shape index (κ3) is 4.49. The fourth-order valence-corrected chi connectivity index (χ4v) is 1.73. The van der Waals surface area contributed by atoms with E-state index in [1.54, 1.807) is 6.07 Å². The minimum atomic E-state index is -0.446. The summed E-state index contributed by atoms with van der Waals surface area (Å²) in [5.41, 5.74) is 7.07. The molecule has 17 heavy (non-hydrogen) atoms. The van der Waals surface area contributed by atoms with Gasteiger partial charge in [-0.2, -0.15) is 0 Å². The summed E-state index contributed by atoms with van der Waals surface area (Å²) in [5, 5.41) is 0.0847. The molecule has 0 saturated carbocycles. The van der Waals surface area contributed by atoms with E-state index in [2.05, 4.69) is 11.8 Å². The molecule has 0 aliphatic heterocycles. The van der Waals surface area contributed by atoms with Crippen molar-refractivity contribution < 1.29 is 9.18 Å². The van der Waals surface area contributed by atoms with Gasteiger partial charge in [-0.05, 0) is 24.6 Å². The summed E-state index contributed by atoms with van der Waals surface area (Å²) in [6, 6.07) is 2.92. The van der Waals surface area contributed by atoms with Crippen LogP contribution in [0.2, 0.25) is 0 Å². The summed E-state index contributed by atoms with van der Waals surface area (Å²) in [6.45, 7) is 3.36. The third-order valence-corrected chi connectivity index (χ3v) is 2.91. The lowest BCUT2D eigenvalue weighted by atomic mass is 10.1. The van der Waals surface area contributed by atoms with E-state index >= 15 is 0 Å². The number of nitrogens with two attached hydrogens (primary N) is 1. The number of nitrogen functional groups attached to an aromatic ring is 1. The van der Waals surface area contributed by atoms with Crippen molar-refractivity contribution in [2.75, 3.05) is 11.5 Å². The van der Waals surface area contributed by atoms with E-state index < -0.39 is 5.82 Å². The average Bonchev–Trinajstić information content (AvgIpc) is 2.24. The van der Waals surface area contributed by atoms with Gasteiger partial charge in [0.25, 0.3) is 0 Å². The van der Waals surface area contributed by atoms with E-state index in [0.29, 0.717) is 17.7 Å². The zero-order valence-corrected chi connectivity index (χ0v) is 10.7. The zero-order valence-electron chi connectivity index (χ0n) is 9.84. The van der Waals surface area contributed by atoms with Gasteiger partial charge in [0.2, 0.25) is 0 Å². The van der Waals surface area contributed by atoms with Gasteiger partial charge in [0.15, 0.2) is 5.12 Å². The summed E-state index contributed by atoms with van der Waals surface area (Å²) < 4.78 is 13.2. The monoisotopic (exact) mass is 251 g/mol. The van der Waals surface area contributed by atoms with Crippen LogP contribution in [0, 0.1) is 24.6 Å². The number of aryl methyl sites for hydroxylation is 1. The van der Waals surface area contributed by atoms with Crippen LogP contribution in [0.4, 0.5) is 10.1 Å². The van der Waals surface area contributed by atoms with Gasteiger partial charge in [-0.15, -0.1) is 0 Å². The fraction of sp³-hybridized carbons (Fsp3) is 0.308. The summed E-state index contributed by atoms with van der Waals surface area (Å²) in [4.78, 5) is 10.7. The molecule has 0 aromatic heterocycles. The number of carbonyl (C=O) groups is 1. The van der Waals surface area contributed by atoms with Crippen molar-refractivity contribution in [1.82, 2.24) is 0 Å². The summed E-state index contributed by atoms with van der Waals surface area (Å²) in [5.74, 6) is 6.02. The van der Waals surface area contributed by atoms with Gasteiger partial charge in [-0.25, -0.2) is 4.39 Å². The van der Waals surface area contributed by atoms with Gasteiger partial charge < -0.3 is 5.73 Å². The summed E-state index contributed by atoms with van der Waals surface area (Å²) in [7, 11) is 0. The van der Waals surface area contributed by atoms with Crippen LogP contribution < -0.4 is 5.73 Å². The highest BCUT2D eigenvalue weighted by molar-refractivity contribution is 8.13. The second kappa shape index (κ2) is 6.31. The number of rotatable bonds is 2. The maximum Gasteiger partial charge on any atom is 0.185 e. The smallest absolute Gasteiger partial charge is 0.185 e. The van der Waals surface area contributed by atoms with Crippen LogP contribution in [0.1, 0.15) is 24.5 Å². The van der Waals surface area contributed by atoms with Crippen molar-refractivity contribution >= 4 is 22.6 Å². The summed E-state index contributed by atoms with van der Waals surface area (Å²) in [6.07, 6.45) is 0.607. The molecule has 0 radical (unpaired) electrons. The Hall–Kier alpha value is -1.47. The van der Waals surface area contributed by atoms with Gasteiger partial charge in [0.1, 0.15) is 5.82 Å². The Bertz CT molecular complexity index is 488. The molecule has 0 aliphatic carbocycles. The van der Waals surface area contributed by atoms with Gasteiger partial charge in [-0.3, -0.25) is 4.79 Å². The second-order valence-corrected chi connectivity index (χ2v) is 4.85. The number of hydrogen-bond acceptors (Lipinski definition) is 3. The fourth-order valence-electron chi connectivity index (χ4n) is 1.24. The maximum absolute atomic E-state index is 13.2. The zero-order chi connectivity index (χ0) is 12.8. The van der Waals surface area contributed by atoms with Gasteiger partial charge in [0.05, 0.1) is 5.69 Å². The van der Waals surface area contributed by atoms with E-state index in [-0.39, 0.29) is 10.8 Å². The Labute approximate surface area is 105 Å². The van der Waals surface area contributed by atoms with Crippen molar-refractivity contribution in [2.24, 2.45) is 0 Å². The molecule has 0 bridgehead atoms. The first-order valence-electron chi connectivity index (χ1n) is 5.18. The predicted molar refractivity (Wildman–Crippen MR) is 70.2 cm³/mol. The van der Waals surface area contributed by atoms with E-state index in [0.717, 1.165) is 5.56 Å². The predicted octanol–water partition coefficient (Wildman–Crippen LogP) is 2.74. The second-order valence-electron chi connectivity index (χ2n) is 3.58. The molecule has 0 unspecified atom stereocenters. The lowest BCUT2D eigenvalue weighted by Crippen LogP contribution is -1.94. The molecule has 0 saturated heterocycles. The molecule has 0 heterocycles. The van der Waals surface area contributed by atoms with Crippen molar-refractivity contribution in [1.29, 1.82) is 0 Å². The molecule has 4 heteroatoms. The number of halogens is 1. The Morgan fingerprint density at radius 1 is 1.53 bits per heavy atom. The standard InChI is InChI=1S/C13H14FNOS/c1-9-7-13(15)12(14)8-11(9)5-3-4-6-17-10(2)16/h7-8H,4,6,15H2,1-2H3. The van der Waals surface area contributed by atoms with Crippen LogP contribution in [0.5, 0.6) is 0 Å². The molecule has 0 atom stereocenters. The highest BCUT2D eigenvalue weighted by atomic mass is 32.2. The van der Waals surface area contributed by atoms with Crippen molar-refractivity contribution in [3.63, 3.8) is 0 Å². The Kier molecular flexibility index (Phi) is 5.05. The van der Waals surface area contributed by atoms with Crippen LogP contribution in [-0.4, -0.2) is 10.9 Å². The molecular weight excluding hydrogens is 237 g/mol. The number of benzene rings is 1. The molecule has 0 fully saturated rings. The van der Waals surface area contributed by atoms with Crippen molar-refractivity contribution in [3.8, 4) is 11.8 Å². The molecule has 2 N–H and O–H groups in total. The first-order chi connectivity index (χ1) is 8.00. The average molecular weight is 251 g/mol. The Balaban J connectivity index is 2.66. The van der Waals surface area contributed by atoms with Crippen LogP contribution in [0.3, 0.4) is 0 Å². The van der Waals surface area contributed by atoms with Crippen molar-refractivity contribution in [3.05, 3.63) is 29.1 Å². The molecule has 2 nitrogen and oxygen atoms in total. The van der Waals surface area contributed by atoms with Crippen LogP contribution in [0.25, 0.3) is 0 Å². The van der Waals surface area contributed by atoms with E-state index in [9.17, 15) is 9.18 Å². The van der Waals surface area contributed by atoms with E-state index in [4.69, 9.17) is 5.73 Å². The molecule has 1 rings (SSSR count). The molecule has 0 spiro atoms. The molecule has 0 aliphatic rings. The van der Waals surface area contributed by atoms with Crippen LogP contribution in [-0.2, 0) is 4.79 Å². The highest BCUT2D eigenvalue weighted by Crippen LogP contribution is 2.16. The SMILES string of the molecule is CC(=O)SCCC#Cc1cc(F)c(N)cc1C. The number of hydrogen-bond donors (Lipinski definition) is 1. The van der Waals surface area contributed by atoms with Crippen LogP contribution >= 0.6 is 11.8 Å². The Morgan fingerprint density at radius 2 is 2.24 bits per heavy atom. The van der Waals surface area contributed by atoms with Gasteiger partial charge in [0, 0.05) is 24.7 Å². The number of anilines is 1. The van der Waals surface area contributed by atoms with E-state index in [1.165, 1.54) is 24.8 Å². The third-order valence-electron chi connectivity index (χ3n) is 2.10. The largest absolute Gasteiger partial charge is 0.396 e. The summed E-state index contributed by atoms with van der Waals surface area (Å²) >= 11 is 1.24. The number of thioether (sulfide) groups is 1. The highest BCUT2D eigenvalue weighted by Gasteiger charge is 2.02. The topological polar surface area (TPSA) is 43.1 Å². The van der Waals surface area contributed by atoms with Crippen LogP contribution in [0.15, 0.2) is 12.1 Å². The molecule has 90 valence electrons. The van der Waals surface area contributed by atoms with Gasteiger partial charge >= 0.3 is 0 Å².